The fourth-order valence-electron chi connectivity index (χ4n) is 2.45. The van der Waals surface area contributed by atoms with Gasteiger partial charge in [-0.15, -0.1) is 0 Å². The Kier molecular flexibility index (Phi) is 4.93. The number of carbonyl (C=O) groups excluding carboxylic acids is 2. The van der Waals surface area contributed by atoms with E-state index in [1.165, 1.54) is 6.92 Å². The van der Waals surface area contributed by atoms with Gasteiger partial charge in [-0.05, 0) is 37.1 Å². The van der Waals surface area contributed by atoms with E-state index in [0.29, 0.717) is 24.2 Å². The maximum atomic E-state index is 12.3. The van der Waals surface area contributed by atoms with Crippen LogP contribution >= 0.6 is 0 Å². The molecule has 0 fully saturated rings. The van der Waals surface area contributed by atoms with Gasteiger partial charge in [-0.25, -0.2) is 0 Å². The topological polar surface area (TPSA) is 95.5 Å². The van der Waals surface area contributed by atoms with Gasteiger partial charge in [0.15, 0.2) is 0 Å². The van der Waals surface area contributed by atoms with Gasteiger partial charge in [0.25, 0.3) is 0 Å². The molecule has 116 valence electrons. The second kappa shape index (κ2) is 6.89. The van der Waals surface area contributed by atoms with Crippen LogP contribution in [0.25, 0.3) is 0 Å². The van der Waals surface area contributed by atoms with Gasteiger partial charge in [0.05, 0.1) is 11.8 Å². The van der Waals surface area contributed by atoms with E-state index in [0.717, 1.165) is 0 Å². The van der Waals surface area contributed by atoms with Crippen molar-refractivity contribution in [2.75, 3.05) is 10.6 Å². The molecule has 1 aromatic carbocycles. The summed E-state index contributed by atoms with van der Waals surface area (Å²) in [5.41, 5.74) is 1.20. The lowest BCUT2D eigenvalue weighted by molar-refractivity contribution is -0.146. The zero-order valence-corrected chi connectivity index (χ0v) is 12.2. The summed E-state index contributed by atoms with van der Waals surface area (Å²) in [6.07, 6.45) is 4.43. The van der Waals surface area contributed by atoms with Crippen LogP contribution in [0.4, 0.5) is 11.4 Å². The number of hydrogen-bond acceptors (Lipinski definition) is 3. The third-order valence-corrected chi connectivity index (χ3v) is 3.56. The van der Waals surface area contributed by atoms with Gasteiger partial charge in [-0.2, -0.15) is 0 Å². The van der Waals surface area contributed by atoms with Gasteiger partial charge in [0.1, 0.15) is 0 Å². The molecule has 0 saturated heterocycles. The van der Waals surface area contributed by atoms with Crippen LogP contribution in [0.5, 0.6) is 0 Å². The number of amides is 2. The Morgan fingerprint density at radius 1 is 0.955 bits per heavy atom. The van der Waals surface area contributed by atoms with Gasteiger partial charge >= 0.3 is 5.97 Å². The molecular formula is C16H18N2O4. The van der Waals surface area contributed by atoms with Crippen molar-refractivity contribution in [3.8, 4) is 0 Å². The molecule has 3 N–H and O–H groups in total. The van der Waals surface area contributed by atoms with E-state index in [9.17, 15) is 19.5 Å². The second-order valence-corrected chi connectivity index (χ2v) is 5.24. The molecule has 2 amide bonds. The Hall–Kier alpha value is -2.63. The Balaban J connectivity index is 2.03. The molecule has 0 bridgehead atoms. The zero-order chi connectivity index (χ0) is 16.1. The van der Waals surface area contributed by atoms with Crippen molar-refractivity contribution < 1.29 is 19.5 Å². The summed E-state index contributed by atoms with van der Waals surface area (Å²) < 4.78 is 0. The summed E-state index contributed by atoms with van der Waals surface area (Å²) in [5, 5.41) is 14.6. The van der Waals surface area contributed by atoms with Crippen molar-refractivity contribution in [3.63, 3.8) is 0 Å². The van der Waals surface area contributed by atoms with Crippen molar-refractivity contribution >= 4 is 29.2 Å². The normalized spacial score (nSPS) is 20.2. The van der Waals surface area contributed by atoms with Crippen LogP contribution in [0, 0.1) is 11.8 Å². The molecule has 0 spiro atoms. The molecule has 1 aliphatic rings. The molecule has 6 nitrogen and oxygen atoms in total. The average Bonchev–Trinajstić information content (AvgIpc) is 2.48. The van der Waals surface area contributed by atoms with Crippen LogP contribution < -0.4 is 10.6 Å². The molecule has 0 aliphatic heterocycles. The molecule has 22 heavy (non-hydrogen) atoms. The average molecular weight is 302 g/mol. The molecule has 0 radical (unpaired) electrons. The van der Waals surface area contributed by atoms with Crippen molar-refractivity contribution in [1.82, 2.24) is 0 Å². The highest BCUT2D eigenvalue weighted by Gasteiger charge is 2.33. The summed E-state index contributed by atoms with van der Waals surface area (Å²) in [6.45, 7) is 1.42. The third-order valence-electron chi connectivity index (χ3n) is 3.56. The maximum absolute atomic E-state index is 12.3. The van der Waals surface area contributed by atoms with Crippen molar-refractivity contribution in [3.05, 3.63) is 36.4 Å². The number of carboxylic acids is 1. The zero-order valence-electron chi connectivity index (χ0n) is 12.2. The maximum Gasteiger partial charge on any atom is 0.307 e. The van der Waals surface area contributed by atoms with E-state index in [1.807, 2.05) is 6.08 Å². The summed E-state index contributed by atoms with van der Waals surface area (Å²) >= 11 is 0. The van der Waals surface area contributed by atoms with Crippen LogP contribution in [0.15, 0.2) is 36.4 Å². The monoisotopic (exact) mass is 302 g/mol. The molecule has 0 unspecified atom stereocenters. The summed E-state index contributed by atoms with van der Waals surface area (Å²) in [5.74, 6) is -2.69. The van der Waals surface area contributed by atoms with E-state index in [1.54, 1.807) is 30.3 Å². The van der Waals surface area contributed by atoms with E-state index in [-0.39, 0.29) is 11.8 Å². The molecule has 0 heterocycles. The lowest BCUT2D eigenvalue weighted by atomic mass is 9.82. The first-order valence-corrected chi connectivity index (χ1v) is 7.03. The lowest BCUT2D eigenvalue weighted by Gasteiger charge is -2.24. The van der Waals surface area contributed by atoms with Crippen LogP contribution in [0.2, 0.25) is 0 Å². The minimum Gasteiger partial charge on any atom is -0.481 e. The van der Waals surface area contributed by atoms with Gasteiger partial charge in [0, 0.05) is 18.3 Å². The number of carbonyl (C=O) groups is 3. The minimum absolute atomic E-state index is 0.171. The Morgan fingerprint density at radius 3 is 1.95 bits per heavy atom. The van der Waals surface area contributed by atoms with E-state index in [2.05, 4.69) is 10.6 Å². The third kappa shape index (κ3) is 3.94. The Bertz CT molecular complexity index is 607. The van der Waals surface area contributed by atoms with Crippen LogP contribution in [-0.4, -0.2) is 22.9 Å². The lowest BCUT2D eigenvalue weighted by Crippen LogP contribution is -2.34. The number of nitrogens with one attached hydrogen (secondary N) is 2. The molecule has 0 saturated carbocycles. The summed E-state index contributed by atoms with van der Waals surface area (Å²) in [6, 6.07) is 6.67. The van der Waals surface area contributed by atoms with Crippen molar-refractivity contribution in [2.24, 2.45) is 11.8 Å². The summed E-state index contributed by atoms with van der Waals surface area (Å²) in [4.78, 5) is 34.4. The number of anilines is 2. The van der Waals surface area contributed by atoms with Crippen LogP contribution in [-0.2, 0) is 14.4 Å². The predicted molar refractivity (Wildman–Crippen MR) is 82.4 cm³/mol. The fraction of sp³-hybridized carbons (Fsp3) is 0.312. The number of hydrogen-bond donors (Lipinski definition) is 3. The van der Waals surface area contributed by atoms with E-state index >= 15 is 0 Å². The molecule has 1 aromatic rings. The van der Waals surface area contributed by atoms with Gasteiger partial charge in [-0.1, -0.05) is 12.2 Å². The fourth-order valence-corrected chi connectivity index (χ4v) is 2.45. The largest absolute Gasteiger partial charge is 0.481 e. The summed E-state index contributed by atoms with van der Waals surface area (Å²) in [7, 11) is 0. The first-order valence-electron chi connectivity index (χ1n) is 7.03. The molecular weight excluding hydrogens is 284 g/mol. The first-order chi connectivity index (χ1) is 10.5. The van der Waals surface area contributed by atoms with Crippen LogP contribution in [0.1, 0.15) is 19.8 Å². The number of rotatable bonds is 4. The molecule has 1 aliphatic carbocycles. The number of carboxylic acid groups (broad SMARTS) is 1. The van der Waals surface area contributed by atoms with Gasteiger partial charge in [-0.3, -0.25) is 14.4 Å². The molecule has 0 aromatic heterocycles. The highest BCUT2D eigenvalue weighted by Crippen LogP contribution is 2.27. The van der Waals surface area contributed by atoms with Crippen LogP contribution in [0.3, 0.4) is 0 Å². The number of allylic oxidation sites excluding steroid dienone is 2. The quantitative estimate of drug-likeness (QED) is 0.743. The number of benzene rings is 1. The smallest absolute Gasteiger partial charge is 0.307 e. The first kappa shape index (κ1) is 15.8. The van der Waals surface area contributed by atoms with E-state index < -0.39 is 17.8 Å². The predicted octanol–water partition coefficient (Wildman–Crippen LogP) is 2.25. The van der Waals surface area contributed by atoms with Gasteiger partial charge in [0.2, 0.25) is 11.8 Å². The van der Waals surface area contributed by atoms with Crippen molar-refractivity contribution in [2.45, 2.75) is 19.8 Å². The highest BCUT2D eigenvalue weighted by atomic mass is 16.4. The highest BCUT2D eigenvalue weighted by molar-refractivity contribution is 5.96. The van der Waals surface area contributed by atoms with Crippen molar-refractivity contribution in [1.29, 1.82) is 0 Å². The molecule has 6 heteroatoms. The standard InChI is InChI=1S/C16H18N2O4/c1-10(19)17-11-6-8-12(9-7-11)18-15(20)13-4-2-3-5-14(13)16(21)22/h2-3,6-9,13-14H,4-5H2,1H3,(H,17,19)(H,18,20)(H,21,22)/t13-,14-/m0/s1. The second-order valence-electron chi connectivity index (χ2n) is 5.24. The minimum atomic E-state index is -0.953. The molecule has 2 rings (SSSR count). The Labute approximate surface area is 128 Å². The Morgan fingerprint density at radius 2 is 1.45 bits per heavy atom. The van der Waals surface area contributed by atoms with E-state index in [4.69, 9.17) is 0 Å². The molecule has 2 atom stereocenters. The van der Waals surface area contributed by atoms with Gasteiger partial charge < -0.3 is 15.7 Å². The number of aliphatic carboxylic acids is 1. The SMILES string of the molecule is CC(=O)Nc1ccc(NC(=O)[C@H]2CC=CC[C@@H]2C(=O)O)cc1.